The molecule has 0 aliphatic rings. The molecule has 0 fully saturated rings. The summed E-state index contributed by atoms with van der Waals surface area (Å²) in [5.74, 6) is -0.265. The van der Waals surface area contributed by atoms with Crippen molar-refractivity contribution in [3.8, 4) is 23.0 Å². The largest absolute Gasteiger partial charge is 0.504 e. The van der Waals surface area contributed by atoms with Gasteiger partial charge in [0.2, 0.25) is 0 Å². The fourth-order valence-electron chi connectivity index (χ4n) is 2.76. The second-order valence-corrected chi connectivity index (χ2v) is 6.20. The Hall–Kier alpha value is -2.36. The Morgan fingerprint density at radius 1 is 0.609 bits per heavy atom. The lowest BCUT2D eigenvalue weighted by molar-refractivity contribution is 0.393. The maximum atomic E-state index is 10.0. The molecule has 0 spiro atoms. The fourth-order valence-corrected chi connectivity index (χ4v) is 2.76. The molecule has 0 aliphatic heterocycles. The Bertz CT molecular complexity index is 685. The molecule has 0 unspecified atom stereocenters. The average molecular weight is 316 g/mol. The molecule has 2 rings (SSSR count). The molecule has 0 bridgehead atoms. The van der Waals surface area contributed by atoms with Crippen molar-refractivity contribution < 1.29 is 20.4 Å². The molecular formula is C19H24O4. The highest BCUT2D eigenvalue weighted by atomic mass is 16.3. The third kappa shape index (κ3) is 3.21. The van der Waals surface area contributed by atoms with Gasteiger partial charge in [0.15, 0.2) is 23.0 Å². The van der Waals surface area contributed by atoms with Crippen LogP contribution in [0.1, 0.15) is 39.8 Å². The van der Waals surface area contributed by atoms with Crippen LogP contribution in [0.3, 0.4) is 0 Å². The van der Waals surface area contributed by atoms with Gasteiger partial charge in [0.05, 0.1) is 0 Å². The summed E-state index contributed by atoms with van der Waals surface area (Å²) in [5, 5.41) is 39.9. The topological polar surface area (TPSA) is 80.9 Å². The van der Waals surface area contributed by atoms with E-state index in [0.717, 1.165) is 11.1 Å². The molecule has 4 nitrogen and oxygen atoms in total. The van der Waals surface area contributed by atoms with Crippen molar-refractivity contribution in [1.82, 2.24) is 0 Å². The van der Waals surface area contributed by atoms with Gasteiger partial charge in [0.25, 0.3) is 0 Å². The van der Waals surface area contributed by atoms with Gasteiger partial charge in [-0.3, -0.25) is 0 Å². The molecule has 0 saturated heterocycles. The summed E-state index contributed by atoms with van der Waals surface area (Å²) < 4.78 is 0. The average Bonchev–Trinajstić information content (AvgIpc) is 2.52. The van der Waals surface area contributed by atoms with Crippen molar-refractivity contribution in [3.05, 3.63) is 45.5 Å². The summed E-state index contributed by atoms with van der Waals surface area (Å²) in [7, 11) is 0. The Balaban J connectivity index is 2.15. The molecule has 0 amide bonds. The van der Waals surface area contributed by atoms with E-state index in [9.17, 15) is 20.4 Å². The van der Waals surface area contributed by atoms with Crippen LogP contribution < -0.4 is 0 Å². The van der Waals surface area contributed by atoms with Gasteiger partial charge in [0, 0.05) is 0 Å². The summed E-state index contributed by atoms with van der Waals surface area (Å²) in [5.41, 5.74) is 4.62. The van der Waals surface area contributed by atoms with Crippen LogP contribution in [-0.4, -0.2) is 20.4 Å². The zero-order chi connectivity index (χ0) is 17.3. The molecule has 23 heavy (non-hydrogen) atoms. The lowest BCUT2D eigenvalue weighted by Gasteiger charge is -2.13. The van der Waals surface area contributed by atoms with Gasteiger partial charge in [-0.15, -0.1) is 0 Å². The Kier molecular flexibility index (Phi) is 4.73. The fraction of sp³-hybridized carbons (Fsp3) is 0.368. The van der Waals surface area contributed by atoms with E-state index in [1.54, 1.807) is 13.8 Å². The number of aromatic hydroxyl groups is 4. The van der Waals surface area contributed by atoms with E-state index in [0.29, 0.717) is 41.5 Å². The van der Waals surface area contributed by atoms with Crippen LogP contribution in [0, 0.1) is 27.7 Å². The quantitative estimate of drug-likeness (QED) is 0.645. The van der Waals surface area contributed by atoms with Crippen LogP contribution >= 0.6 is 0 Å². The van der Waals surface area contributed by atoms with Crippen LogP contribution in [0.4, 0.5) is 0 Å². The monoisotopic (exact) mass is 316 g/mol. The zero-order valence-corrected chi connectivity index (χ0v) is 14.1. The zero-order valence-electron chi connectivity index (χ0n) is 14.1. The molecule has 4 heteroatoms. The smallest absolute Gasteiger partial charge is 0.160 e. The predicted molar refractivity (Wildman–Crippen MR) is 90.5 cm³/mol. The standard InChI is InChI=1S/C19H24O4/c1-10-8-14(18(22)16(20)12(10)3)6-5-7-15-9-11(2)13(4)17(21)19(15)23/h8-9,20-23H,5-7H2,1-4H3. The normalized spacial score (nSPS) is 11.0. The van der Waals surface area contributed by atoms with E-state index in [2.05, 4.69) is 0 Å². The van der Waals surface area contributed by atoms with E-state index in [1.807, 2.05) is 26.0 Å². The minimum absolute atomic E-state index is 0.0633. The van der Waals surface area contributed by atoms with Crippen molar-refractivity contribution in [2.24, 2.45) is 0 Å². The summed E-state index contributed by atoms with van der Waals surface area (Å²) in [6, 6.07) is 3.75. The molecule has 0 radical (unpaired) electrons. The van der Waals surface area contributed by atoms with Crippen molar-refractivity contribution in [2.45, 2.75) is 47.0 Å². The van der Waals surface area contributed by atoms with Gasteiger partial charge in [-0.2, -0.15) is 0 Å². The molecule has 0 aliphatic carbocycles. The first-order valence-corrected chi connectivity index (χ1v) is 7.76. The molecule has 4 N–H and O–H groups in total. The molecule has 0 heterocycles. The minimum Gasteiger partial charge on any atom is -0.504 e. The van der Waals surface area contributed by atoms with E-state index < -0.39 is 0 Å². The molecule has 0 atom stereocenters. The number of benzene rings is 2. The highest BCUT2D eigenvalue weighted by molar-refractivity contribution is 5.54. The van der Waals surface area contributed by atoms with Crippen LogP contribution in [0.25, 0.3) is 0 Å². The van der Waals surface area contributed by atoms with E-state index in [4.69, 9.17) is 0 Å². The van der Waals surface area contributed by atoms with Crippen molar-refractivity contribution >= 4 is 0 Å². The van der Waals surface area contributed by atoms with E-state index >= 15 is 0 Å². The first-order chi connectivity index (χ1) is 10.7. The summed E-state index contributed by atoms with van der Waals surface area (Å²) in [4.78, 5) is 0. The SMILES string of the molecule is Cc1cc(CCCc2cc(C)c(C)c(O)c2O)c(O)c(O)c1C. The van der Waals surface area contributed by atoms with Gasteiger partial charge in [0.1, 0.15) is 0 Å². The van der Waals surface area contributed by atoms with Crippen LogP contribution in [0.15, 0.2) is 12.1 Å². The second kappa shape index (κ2) is 6.41. The number of hydrogen-bond acceptors (Lipinski definition) is 4. The maximum Gasteiger partial charge on any atom is 0.160 e. The summed E-state index contributed by atoms with van der Waals surface area (Å²) in [6.45, 7) is 7.32. The molecule has 0 saturated carbocycles. The lowest BCUT2D eigenvalue weighted by Crippen LogP contribution is -1.96. The van der Waals surface area contributed by atoms with Gasteiger partial charge in [-0.1, -0.05) is 12.1 Å². The van der Waals surface area contributed by atoms with Gasteiger partial charge in [-0.05, 0) is 80.3 Å². The predicted octanol–water partition coefficient (Wildman–Crippen LogP) is 3.92. The highest BCUT2D eigenvalue weighted by Crippen LogP contribution is 2.37. The molecular weight excluding hydrogens is 292 g/mol. The molecule has 2 aromatic rings. The Morgan fingerprint density at radius 3 is 1.30 bits per heavy atom. The molecule has 124 valence electrons. The molecule has 2 aromatic carbocycles. The van der Waals surface area contributed by atoms with Crippen molar-refractivity contribution in [1.29, 1.82) is 0 Å². The van der Waals surface area contributed by atoms with Crippen molar-refractivity contribution in [2.75, 3.05) is 0 Å². The number of rotatable bonds is 4. The van der Waals surface area contributed by atoms with Gasteiger partial charge < -0.3 is 20.4 Å². The maximum absolute atomic E-state index is 10.0. The number of aryl methyl sites for hydroxylation is 4. The third-order valence-electron chi connectivity index (χ3n) is 4.62. The van der Waals surface area contributed by atoms with Crippen LogP contribution in [0.5, 0.6) is 23.0 Å². The minimum atomic E-state index is -0.0692. The second-order valence-electron chi connectivity index (χ2n) is 6.20. The first kappa shape index (κ1) is 17.0. The van der Waals surface area contributed by atoms with Crippen LogP contribution in [-0.2, 0) is 12.8 Å². The third-order valence-corrected chi connectivity index (χ3v) is 4.62. The van der Waals surface area contributed by atoms with Gasteiger partial charge in [-0.25, -0.2) is 0 Å². The van der Waals surface area contributed by atoms with E-state index in [1.165, 1.54) is 0 Å². The first-order valence-electron chi connectivity index (χ1n) is 7.76. The summed E-state index contributed by atoms with van der Waals surface area (Å²) >= 11 is 0. The summed E-state index contributed by atoms with van der Waals surface area (Å²) in [6.07, 6.45) is 1.84. The lowest BCUT2D eigenvalue weighted by atomic mass is 9.96. The van der Waals surface area contributed by atoms with Crippen LogP contribution in [0.2, 0.25) is 0 Å². The van der Waals surface area contributed by atoms with Crippen molar-refractivity contribution in [3.63, 3.8) is 0 Å². The van der Waals surface area contributed by atoms with Gasteiger partial charge >= 0.3 is 0 Å². The number of phenolic OH excluding ortho intramolecular Hbond substituents is 4. The Labute approximate surface area is 136 Å². The van der Waals surface area contributed by atoms with E-state index in [-0.39, 0.29) is 23.0 Å². The molecule has 0 aromatic heterocycles. The Morgan fingerprint density at radius 2 is 0.957 bits per heavy atom. The number of hydrogen-bond donors (Lipinski definition) is 4. The highest BCUT2D eigenvalue weighted by Gasteiger charge is 2.14. The number of phenols is 4.